The summed E-state index contributed by atoms with van der Waals surface area (Å²) in [6, 6.07) is 4.14. The van der Waals surface area contributed by atoms with Crippen LogP contribution in [0.2, 0.25) is 0 Å². The van der Waals surface area contributed by atoms with Crippen molar-refractivity contribution in [3.05, 3.63) is 53.4 Å². The molecule has 0 spiro atoms. The number of phenols is 1. The Kier molecular flexibility index (Phi) is 13.8. The standard InChI is InChI=1S/C10H13FO.C6H7.2ClH.Ti/c1-10(2,3)7-4-8(11)6-9(12)5-7;1-6-4-2-3-5-6;;;/h4-6,12H,1-3H3;2,4H,3H2,1H3;2*1H;/q;-1;;;. The van der Waals surface area contributed by atoms with E-state index in [2.05, 4.69) is 25.2 Å². The fourth-order valence-corrected chi connectivity index (χ4v) is 1.52. The van der Waals surface area contributed by atoms with Crippen LogP contribution in [0.1, 0.15) is 39.7 Å². The van der Waals surface area contributed by atoms with Gasteiger partial charge in [-0.25, -0.2) is 16.0 Å². The average Bonchev–Trinajstić information content (AvgIpc) is 2.67. The Morgan fingerprint density at radius 2 is 1.71 bits per heavy atom. The summed E-state index contributed by atoms with van der Waals surface area (Å²) < 4.78 is 12.8. The van der Waals surface area contributed by atoms with Crippen LogP contribution < -0.4 is 0 Å². The predicted molar refractivity (Wildman–Crippen MR) is 87.4 cm³/mol. The zero-order valence-electron chi connectivity index (χ0n) is 12.7. The van der Waals surface area contributed by atoms with Crippen LogP contribution in [0.25, 0.3) is 0 Å². The smallest absolute Gasteiger partial charge is 0.127 e. The average molecular weight is 368 g/mol. The second kappa shape index (κ2) is 11.3. The van der Waals surface area contributed by atoms with Crippen LogP contribution in [0.3, 0.4) is 0 Å². The van der Waals surface area contributed by atoms with Crippen LogP contribution in [-0.2, 0) is 27.1 Å². The minimum Gasteiger partial charge on any atom is -0.508 e. The fraction of sp³-hybridized carbons (Fsp3) is 0.375. The molecule has 1 aromatic rings. The van der Waals surface area contributed by atoms with Crippen LogP contribution >= 0.6 is 24.8 Å². The number of phenolic OH excluding ortho intramolecular Hbond substituents is 1. The van der Waals surface area contributed by atoms with E-state index >= 15 is 0 Å². The van der Waals surface area contributed by atoms with Crippen molar-refractivity contribution in [2.24, 2.45) is 0 Å². The molecule has 1 aliphatic rings. The Morgan fingerprint density at radius 3 is 2.00 bits per heavy atom. The van der Waals surface area contributed by atoms with Crippen LogP contribution in [-0.4, -0.2) is 5.11 Å². The maximum Gasteiger partial charge on any atom is 0.127 e. The molecule has 21 heavy (non-hydrogen) atoms. The third-order valence-corrected chi connectivity index (χ3v) is 2.62. The van der Waals surface area contributed by atoms with E-state index in [1.807, 2.05) is 20.8 Å². The quantitative estimate of drug-likeness (QED) is 0.483. The van der Waals surface area contributed by atoms with E-state index in [0.717, 1.165) is 18.1 Å². The van der Waals surface area contributed by atoms with E-state index in [9.17, 15) is 4.39 Å². The summed E-state index contributed by atoms with van der Waals surface area (Å²) in [6.45, 7) is 7.98. The third-order valence-electron chi connectivity index (χ3n) is 2.62. The Balaban J connectivity index is -0.000000312. The van der Waals surface area contributed by atoms with Crippen molar-refractivity contribution in [1.29, 1.82) is 0 Å². The summed E-state index contributed by atoms with van der Waals surface area (Å²) in [7, 11) is 0. The summed E-state index contributed by atoms with van der Waals surface area (Å²) in [6.07, 6.45) is 8.33. The summed E-state index contributed by atoms with van der Waals surface area (Å²) in [5.41, 5.74) is 1.95. The second-order valence-corrected chi connectivity index (χ2v) is 5.41. The largest absolute Gasteiger partial charge is 0.508 e. The number of hydrogen-bond donors (Lipinski definition) is 1. The van der Waals surface area contributed by atoms with Gasteiger partial charge in [0.15, 0.2) is 0 Å². The first-order valence-electron chi connectivity index (χ1n) is 6.03. The molecule has 0 aliphatic heterocycles. The van der Waals surface area contributed by atoms with E-state index in [4.69, 9.17) is 5.11 Å². The monoisotopic (exact) mass is 367 g/mol. The molecule has 118 valence electrons. The van der Waals surface area contributed by atoms with Gasteiger partial charge in [-0.3, -0.25) is 6.08 Å². The van der Waals surface area contributed by atoms with Gasteiger partial charge >= 0.3 is 0 Å². The molecule has 1 aliphatic carbocycles. The van der Waals surface area contributed by atoms with Gasteiger partial charge in [0.1, 0.15) is 11.6 Å². The van der Waals surface area contributed by atoms with Gasteiger partial charge in [0.25, 0.3) is 0 Å². The van der Waals surface area contributed by atoms with Gasteiger partial charge in [-0.15, -0.1) is 31.2 Å². The molecule has 0 unspecified atom stereocenters. The van der Waals surface area contributed by atoms with Gasteiger partial charge in [0.05, 0.1) is 0 Å². The molecular formula is C16H22Cl2FOTi-. The van der Waals surface area contributed by atoms with Gasteiger partial charge in [0.2, 0.25) is 0 Å². The van der Waals surface area contributed by atoms with E-state index in [1.165, 1.54) is 11.6 Å². The molecule has 0 saturated carbocycles. The molecule has 5 heteroatoms. The molecule has 1 N–H and O–H groups in total. The van der Waals surface area contributed by atoms with Crippen molar-refractivity contribution in [2.45, 2.75) is 39.5 Å². The van der Waals surface area contributed by atoms with Crippen molar-refractivity contribution in [3.8, 4) is 5.75 Å². The summed E-state index contributed by atoms with van der Waals surface area (Å²) >= 11 is 0. The first-order chi connectivity index (χ1) is 8.29. The molecule has 0 saturated heterocycles. The molecule has 0 amide bonds. The van der Waals surface area contributed by atoms with E-state index in [1.54, 1.807) is 6.07 Å². The van der Waals surface area contributed by atoms with E-state index in [0.29, 0.717) is 0 Å². The topological polar surface area (TPSA) is 20.2 Å². The third kappa shape index (κ3) is 10.1. The van der Waals surface area contributed by atoms with Gasteiger partial charge in [0, 0.05) is 27.8 Å². The Bertz CT molecular complexity index is 457. The fourth-order valence-electron chi connectivity index (χ4n) is 1.52. The van der Waals surface area contributed by atoms with E-state index < -0.39 is 0 Å². The van der Waals surface area contributed by atoms with Gasteiger partial charge < -0.3 is 5.11 Å². The summed E-state index contributed by atoms with van der Waals surface area (Å²) in [4.78, 5) is 0. The van der Waals surface area contributed by atoms with Gasteiger partial charge in [-0.2, -0.15) is 6.08 Å². The molecule has 0 aromatic heterocycles. The number of allylic oxidation sites excluding steroid dienone is 4. The number of hydrogen-bond acceptors (Lipinski definition) is 1. The number of rotatable bonds is 0. The Hall–Kier alpha value is -0.276. The zero-order chi connectivity index (χ0) is 13.8. The van der Waals surface area contributed by atoms with Crippen LogP contribution in [0.15, 0.2) is 35.9 Å². The van der Waals surface area contributed by atoms with Gasteiger partial charge in [-0.05, 0) is 23.1 Å². The molecular weight excluding hydrogens is 346 g/mol. The van der Waals surface area contributed by atoms with Crippen LogP contribution in [0.4, 0.5) is 4.39 Å². The Morgan fingerprint density at radius 1 is 1.14 bits per heavy atom. The van der Waals surface area contributed by atoms with Crippen molar-refractivity contribution in [1.82, 2.24) is 0 Å². The first kappa shape index (κ1) is 25.7. The van der Waals surface area contributed by atoms with E-state index in [-0.39, 0.29) is 63.5 Å². The normalized spacial score (nSPS) is 12.0. The number of aromatic hydroxyl groups is 1. The maximum atomic E-state index is 12.8. The molecule has 0 bridgehead atoms. The summed E-state index contributed by atoms with van der Waals surface area (Å²) in [5, 5.41) is 9.12. The predicted octanol–water partition coefficient (Wildman–Crippen LogP) is 5.37. The molecule has 0 heterocycles. The SMILES string of the molecule is CC(C)(C)c1cc(O)cc(F)c1.CC1=[C-]CC=C1.Cl.Cl.[Ti]. The molecule has 2 rings (SSSR count). The molecule has 1 aromatic carbocycles. The zero-order valence-corrected chi connectivity index (χ0v) is 15.9. The number of benzene rings is 1. The van der Waals surface area contributed by atoms with Crippen molar-refractivity contribution >= 4 is 24.8 Å². The minimum absolute atomic E-state index is 0. The van der Waals surface area contributed by atoms with Crippen LogP contribution in [0, 0.1) is 11.9 Å². The molecule has 0 fully saturated rings. The van der Waals surface area contributed by atoms with Crippen LogP contribution in [0.5, 0.6) is 5.75 Å². The second-order valence-electron chi connectivity index (χ2n) is 5.41. The Labute approximate surface area is 154 Å². The van der Waals surface area contributed by atoms with Gasteiger partial charge in [-0.1, -0.05) is 27.7 Å². The van der Waals surface area contributed by atoms with Crippen molar-refractivity contribution in [2.75, 3.05) is 0 Å². The molecule has 0 radical (unpaired) electrons. The molecule has 1 nitrogen and oxygen atoms in total. The maximum absolute atomic E-state index is 12.8. The van der Waals surface area contributed by atoms with Crippen molar-refractivity contribution in [3.63, 3.8) is 0 Å². The molecule has 0 atom stereocenters. The summed E-state index contributed by atoms with van der Waals surface area (Å²) in [5.74, 6) is -0.403. The first-order valence-corrected chi connectivity index (χ1v) is 6.03. The van der Waals surface area contributed by atoms with Crippen molar-refractivity contribution < 1.29 is 31.2 Å². The number of halogens is 3. The minimum atomic E-state index is -0.389.